The molecule has 0 aliphatic heterocycles. The van der Waals surface area contributed by atoms with Crippen LogP contribution in [0.4, 0.5) is 0 Å². The van der Waals surface area contributed by atoms with Crippen molar-refractivity contribution in [3.05, 3.63) is 147 Å². The average molecular weight is 889 g/mol. The minimum Gasteiger partial charge on any atom is -0.498 e. The van der Waals surface area contributed by atoms with Crippen LogP contribution in [-0.4, -0.2) is 99.1 Å². The zero-order chi connectivity index (χ0) is 45.7. The maximum Gasteiger partial charge on any atom is 0.204 e. The highest BCUT2D eigenvalue weighted by Gasteiger charge is 2.19. The van der Waals surface area contributed by atoms with Gasteiger partial charge in [0, 0.05) is 11.1 Å². The quantitative estimate of drug-likeness (QED) is 0.0134. The minimum absolute atomic E-state index is 0.129. The predicted octanol–water partition coefficient (Wildman–Crippen LogP) is 9.18. The highest BCUT2D eigenvalue weighted by Crippen LogP contribution is 2.43. The highest BCUT2D eigenvalue weighted by molar-refractivity contribution is 5.78. The summed E-state index contributed by atoms with van der Waals surface area (Å²) in [5, 5.41) is 0. The van der Waals surface area contributed by atoms with Crippen LogP contribution in [0, 0.1) is 0 Å². The molecule has 0 saturated carbocycles. The molecule has 0 N–H and O–H groups in total. The largest absolute Gasteiger partial charge is 0.498 e. The first-order chi connectivity index (χ1) is 31.6. The van der Waals surface area contributed by atoms with E-state index in [1.807, 2.05) is 66.8 Å². The molecule has 0 aromatic heterocycles. The molecule has 3 aromatic carbocycles. The number of rotatable bonds is 40. The first-order valence-electron chi connectivity index (χ1n) is 20.4. The van der Waals surface area contributed by atoms with Crippen LogP contribution in [0.2, 0.25) is 0 Å². The lowest BCUT2D eigenvalue weighted by Gasteiger charge is -2.19. The maximum atomic E-state index is 6.23. The fourth-order valence-electron chi connectivity index (χ4n) is 5.11. The maximum absolute atomic E-state index is 6.23. The van der Waals surface area contributed by atoms with E-state index in [0.29, 0.717) is 41.1 Å². The van der Waals surface area contributed by atoms with E-state index in [0.717, 1.165) is 22.3 Å². The van der Waals surface area contributed by atoms with Crippen LogP contribution in [-0.2, 0) is 43.5 Å². The molecule has 0 unspecified atom stereocenters. The second-order valence-corrected chi connectivity index (χ2v) is 12.3. The average Bonchev–Trinajstić information content (AvgIpc) is 3.31. The van der Waals surface area contributed by atoms with Crippen LogP contribution < -0.4 is 28.4 Å². The van der Waals surface area contributed by atoms with E-state index in [1.165, 1.54) is 18.8 Å². The second-order valence-electron chi connectivity index (χ2n) is 12.3. The molecule has 15 nitrogen and oxygen atoms in total. The van der Waals surface area contributed by atoms with E-state index in [2.05, 4.69) is 39.5 Å². The molecule has 0 heterocycles. The van der Waals surface area contributed by atoms with Gasteiger partial charge < -0.3 is 42.6 Å². The van der Waals surface area contributed by atoms with E-state index < -0.39 is 0 Å². The molecule has 0 aliphatic carbocycles. The van der Waals surface area contributed by atoms with Crippen molar-refractivity contribution in [3.8, 4) is 34.5 Å². The third-order valence-corrected chi connectivity index (χ3v) is 7.83. The van der Waals surface area contributed by atoms with Crippen LogP contribution in [0.25, 0.3) is 24.3 Å². The first-order valence-corrected chi connectivity index (χ1v) is 20.4. The molecule has 15 heteroatoms. The number of ether oxygens (including phenoxy) is 9. The van der Waals surface area contributed by atoms with Crippen LogP contribution in [0.1, 0.15) is 22.3 Å². The Morgan fingerprint density at radius 3 is 1.00 bits per heavy atom. The number of hydrogen-bond donors (Lipinski definition) is 0. The molecule has 0 saturated heterocycles. The summed E-state index contributed by atoms with van der Waals surface area (Å²) in [5.41, 5.74) is 3.30. The van der Waals surface area contributed by atoms with E-state index in [1.54, 1.807) is 24.3 Å². The molecule has 346 valence electrons. The van der Waals surface area contributed by atoms with Gasteiger partial charge in [0.15, 0.2) is 23.0 Å². The van der Waals surface area contributed by atoms with E-state index in [9.17, 15) is 0 Å². The first kappa shape index (κ1) is 51.9. The summed E-state index contributed by atoms with van der Waals surface area (Å²) in [5.74, 6) is 2.51. The summed E-state index contributed by atoms with van der Waals surface area (Å²) in [6, 6.07) is 15.3. The molecular formula is C49H60O15. The summed E-state index contributed by atoms with van der Waals surface area (Å²) in [6.45, 7) is 24.7. The van der Waals surface area contributed by atoms with E-state index >= 15 is 0 Å². The molecule has 0 spiro atoms. The standard InChI is InChI=1S/C49H60O15/c1-7-25-59-62-37-34-54-45-24-22-42(46(55-32-29-51-11-5)49(45)58-36-39-64-61-27-9-3)19-17-40-13-15-41(16-14-40)18-20-43-21-23-44(53-31-28-50-10-4)48(57-33-30-52-12-6)47(43)56-35-38-63-60-26-8-2/h7-24H,1-6,25-39H2. The molecule has 3 aromatic rings. The van der Waals surface area contributed by atoms with Gasteiger partial charge in [0.1, 0.15) is 99.1 Å². The Morgan fingerprint density at radius 2 is 0.641 bits per heavy atom. The Bertz CT molecular complexity index is 1870. The molecule has 0 radical (unpaired) electrons. The van der Waals surface area contributed by atoms with Crippen molar-refractivity contribution >= 4 is 24.3 Å². The van der Waals surface area contributed by atoms with Crippen LogP contribution in [0.3, 0.4) is 0 Å². The van der Waals surface area contributed by atoms with Gasteiger partial charge in [-0.2, -0.15) is 0 Å². The third-order valence-electron chi connectivity index (χ3n) is 7.83. The summed E-state index contributed by atoms with van der Waals surface area (Å²) in [6.07, 6.45) is 16.6. The van der Waals surface area contributed by atoms with Crippen molar-refractivity contribution in [1.82, 2.24) is 0 Å². The van der Waals surface area contributed by atoms with Crippen molar-refractivity contribution in [3.63, 3.8) is 0 Å². The van der Waals surface area contributed by atoms with Crippen molar-refractivity contribution in [2.45, 2.75) is 0 Å². The van der Waals surface area contributed by atoms with Crippen molar-refractivity contribution in [2.24, 2.45) is 0 Å². The Kier molecular flexibility index (Phi) is 27.6. The molecule has 0 fully saturated rings. The topological polar surface area (TPSA) is 138 Å². The third kappa shape index (κ3) is 20.6. The molecule has 0 bridgehead atoms. The lowest BCUT2D eigenvalue weighted by Crippen LogP contribution is -2.13. The fraction of sp³-hybridized carbons (Fsp3) is 0.306. The van der Waals surface area contributed by atoms with Gasteiger partial charge in [0.25, 0.3) is 0 Å². The van der Waals surface area contributed by atoms with Crippen LogP contribution in [0.15, 0.2) is 125 Å². The molecule has 0 aliphatic rings. The predicted molar refractivity (Wildman–Crippen MR) is 245 cm³/mol. The SMILES string of the molecule is C=CCOOCCOc1ccc(C=Cc2ccc(C=Cc3ccc(OCCOC=C)c(OCCOC=C)c3OCCOOCC=C)cc2)c(OCCOC=C)c1OCCOOCC=C. The molecule has 3 rings (SSSR count). The van der Waals surface area contributed by atoms with Gasteiger partial charge in [-0.15, -0.1) is 19.7 Å². The highest BCUT2D eigenvalue weighted by atomic mass is 17.2. The molecule has 0 amide bonds. The van der Waals surface area contributed by atoms with Gasteiger partial charge >= 0.3 is 0 Å². The van der Waals surface area contributed by atoms with Crippen molar-refractivity contribution in [1.29, 1.82) is 0 Å². The van der Waals surface area contributed by atoms with Gasteiger partial charge in [0.2, 0.25) is 11.5 Å². The van der Waals surface area contributed by atoms with Gasteiger partial charge in [-0.1, -0.05) is 86.5 Å². The summed E-state index contributed by atoms with van der Waals surface area (Å²) in [7, 11) is 0. The summed E-state index contributed by atoms with van der Waals surface area (Å²) >= 11 is 0. The molecule has 64 heavy (non-hydrogen) atoms. The molecule has 0 atom stereocenters. The van der Waals surface area contributed by atoms with Crippen molar-refractivity contribution in [2.75, 3.05) is 99.1 Å². The van der Waals surface area contributed by atoms with E-state index in [4.69, 9.17) is 72.0 Å². The van der Waals surface area contributed by atoms with Gasteiger partial charge in [0.05, 0.1) is 18.8 Å². The Balaban J connectivity index is 1.90. The van der Waals surface area contributed by atoms with Crippen molar-refractivity contribution < 1.29 is 72.0 Å². The fourth-order valence-corrected chi connectivity index (χ4v) is 5.11. The lowest BCUT2D eigenvalue weighted by molar-refractivity contribution is -0.289. The second kappa shape index (κ2) is 34.1. The van der Waals surface area contributed by atoms with Gasteiger partial charge in [-0.25, -0.2) is 29.3 Å². The number of benzene rings is 3. The number of hydrogen-bond acceptors (Lipinski definition) is 15. The minimum atomic E-state index is 0.129. The smallest absolute Gasteiger partial charge is 0.204 e. The van der Waals surface area contributed by atoms with Gasteiger partial charge in [-0.05, 0) is 35.4 Å². The monoisotopic (exact) mass is 888 g/mol. The lowest BCUT2D eigenvalue weighted by atomic mass is 10.1. The summed E-state index contributed by atoms with van der Waals surface area (Å²) in [4.78, 5) is 30.6. The Hall–Kier alpha value is -6.46. The van der Waals surface area contributed by atoms with Crippen LogP contribution in [0.5, 0.6) is 34.5 Å². The normalized spacial score (nSPS) is 10.8. The zero-order valence-corrected chi connectivity index (χ0v) is 36.4. The zero-order valence-electron chi connectivity index (χ0n) is 36.4. The summed E-state index contributed by atoms with van der Waals surface area (Å²) < 4.78 is 52.6. The van der Waals surface area contributed by atoms with E-state index in [-0.39, 0.29) is 92.5 Å². The Labute approximate surface area is 376 Å². The van der Waals surface area contributed by atoms with Gasteiger partial charge in [-0.3, -0.25) is 0 Å². The van der Waals surface area contributed by atoms with Crippen LogP contribution >= 0.6 is 0 Å². The Morgan fingerprint density at radius 1 is 0.312 bits per heavy atom. The molecular weight excluding hydrogens is 829 g/mol.